The largest absolute Gasteiger partial charge is 0.497 e. The molecule has 1 aromatic carbocycles. The van der Waals surface area contributed by atoms with Crippen LogP contribution in [0.4, 0.5) is 11.5 Å². The first-order valence-corrected chi connectivity index (χ1v) is 9.95. The number of anilines is 2. The lowest BCUT2D eigenvalue weighted by Crippen LogP contribution is -2.46. The molecular weight excluding hydrogens is 352 g/mol. The third-order valence-electron chi connectivity index (χ3n) is 5.06. The minimum absolute atomic E-state index is 0.0267. The number of carbonyl (C=O) groups is 1. The van der Waals surface area contributed by atoms with Crippen molar-refractivity contribution in [1.82, 2.24) is 10.3 Å². The second-order valence-electron chi connectivity index (χ2n) is 7.51. The van der Waals surface area contributed by atoms with Gasteiger partial charge < -0.3 is 19.9 Å². The van der Waals surface area contributed by atoms with Crippen LogP contribution in [0.1, 0.15) is 30.6 Å². The lowest BCUT2D eigenvalue weighted by molar-refractivity contribution is 0.0952. The quantitative estimate of drug-likeness (QED) is 0.797. The van der Waals surface area contributed by atoms with E-state index in [4.69, 9.17) is 4.74 Å². The number of pyridine rings is 1. The molecule has 1 aliphatic heterocycles. The van der Waals surface area contributed by atoms with Crippen molar-refractivity contribution in [2.45, 2.75) is 20.3 Å². The molecule has 28 heavy (non-hydrogen) atoms. The van der Waals surface area contributed by atoms with E-state index in [2.05, 4.69) is 46.1 Å². The maximum absolute atomic E-state index is 12.4. The van der Waals surface area contributed by atoms with Crippen LogP contribution < -0.4 is 19.9 Å². The zero-order valence-corrected chi connectivity index (χ0v) is 17.0. The number of aromatic nitrogens is 1. The number of amides is 1. The number of piperazine rings is 1. The number of benzene rings is 1. The first kappa shape index (κ1) is 20.0. The summed E-state index contributed by atoms with van der Waals surface area (Å²) in [6.45, 7) is 8.59. The van der Waals surface area contributed by atoms with Crippen molar-refractivity contribution in [3.05, 3.63) is 48.2 Å². The van der Waals surface area contributed by atoms with Crippen LogP contribution in [0.3, 0.4) is 0 Å². The summed E-state index contributed by atoms with van der Waals surface area (Å²) in [5, 5.41) is 2.99. The van der Waals surface area contributed by atoms with Gasteiger partial charge in [0.1, 0.15) is 11.6 Å². The van der Waals surface area contributed by atoms with Gasteiger partial charge in [0, 0.05) is 50.2 Å². The average molecular weight is 383 g/mol. The Bertz CT molecular complexity index is 768. The number of nitrogens with one attached hydrogen (secondary N) is 1. The molecule has 1 amide bonds. The van der Waals surface area contributed by atoms with Crippen molar-refractivity contribution in [2.24, 2.45) is 5.92 Å². The Morgan fingerprint density at radius 1 is 1.11 bits per heavy atom. The van der Waals surface area contributed by atoms with Gasteiger partial charge in [0.15, 0.2) is 0 Å². The molecule has 0 bridgehead atoms. The van der Waals surface area contributed by atoms with Gasteiger partial charge in [-0.15, -0.1) is 0 Å². The summed E-state index contributed by atoms with van der Waals surface area (Å²) in [5.74, 6) is 2.29. The Hall–Kier alpha value is -2.76. The highest BCUT2D eigenvalue weighted by atomic mass is 16.5. The molecule has 1 saturated heterocycles. The molecule has 0 unspecified atom stereocenters. The van der Waals surface area contributed by atoms with Crippen LogP contribution in [0.15, 0.2) is 42.6 Å². The Morgan fingerprint density at radius 2 is 1.79 bits per heavy atom. The maximum Gasteiger partial charge on any atom is 0.251 e. The summed E-state index contributed by atoms with van der Waals surface area (Å²) < 4.78 is 5.23. The van der Waals surface area contributed by atoms with E-state index in [1.54, 1.807) is 19.4 Å². The number of methoxy groups -OCH3 is 1. The highest BCUT2D eigenvalue weighted by molar-refractivity contribution is 5.94. The Balaban J connectivity index is 1.57. The molecule has 1 N–H and O–H groups in total. The van der Waals surface area contributed by atoms with Gasteiger partial charge in [0.25, 0.3) is 5.91 Å². The van der Waals surface area contributed by atoms with Crippen LogP contribution in [0.2, 0.25) is 0 Å². The SMILES string of the molecule is COc1ccc(N2CCN(c3cc(C(=O)NCCC(C)C)ccn3)CC2)cc1. The van der Waals surface area contributed by atoms with E-state index in [0.29, 0.717) is 18.0 Å². The van der Waals surface area contributed by atoms with Gasteiger partial charge in [-0.3, -0.25) is 4.79 Å². The van der Waals surface area contributed by atoms with Crippen molar-refractivity contribution in [1.29, 1.82) is 0 Å². The second kappa shape index (κ2) is 9.44. The first-order valence-electron chi connectivity index (χ1n) is 9.95. The van der Waals surface area contributed by atoms with Crippen LogP contribution in [0.5, 0.6) is 5.75 Å². The van der Waals surface area contributed by atoms with Crippen LogP contribution in [-0.4, -0.2) is 50.7 Å². The Labute approximate surface area is 167 Å². The number of ether oxygens (including phenoxy) is 1. The van der Waals surface area contributed by atoms with Crippen molar-refractivity contribution in [3.8, 4) is 5.75 Å². The fourth-order valence-corrected chi connectivity index (χ4v) is 3.30. The van der Waals surface area contributed by atoms with Crippen molar-refractivity contribution in [3.63, 3.8) is 0 Å². The van der Waals surface area contributed by atoms with Gasteiger partial charge in [-0.25, -0.2) is 4.98 Å². The van der Waals surface area contributed by atoms with Gasteiger partial charge >= 0.3 is 0 Å². The molecule has 2 heterocycles. The Morgan fingerprint density at radius 3 is 2.43 bits per heavy atom. The molecule has 1 aliphatic rings. The normalized spacial score (nSPS) is 14.3. The molecule has 1 aromatic heterocycles. The first-order chi connectivity index (χ1) is 13.6. The van der Waals surface area contributed by atoms with Crippen LogP contribution in [0, 0.1) is 5.92 Å². The molecule has 2 aromatic rings. The van der Waals surface area contributed by atoms with Crippen molar-refractivity contribution >= 4 is 17.4 Å². The number of rotatable bonds is 7. The summed E-state index contributed by atoms with van der Waals surface area (Å²) in [4.78, 5) is 21.5. The zero-order valence-electron chi connectivity index (χ0n) is 17.0. The van der Waals surface area contributed by atoms with E-state index in [9.17, 15) is 4.79 Å². The topological polar surface area (TPSA) is 57.7 Å². The lowest BCUT2D eigenvalue weighted by Gasteiger charge is -2.36. The molecule has 3 rings (SSSR count). The van der Waals surface area contributed by atoms with Crippen LogP contribution in [0.25, 0.3) is 0 Å². The minimum atomic E-state index is -0.0267. The summed E-state index contributed by atoms with van der Waals surface area (Å²) >= 11 is 0. The number of carbonyl (C=O) groups excluding carboxylic acids is 1. The van der Waals surface area contributed by atoms with E-state index in [1.165, 1.54) is 5.69 Å². The summed E-state index contributed by atoms with van der Waals surface area (Å²) in [6.07, 6.45) is 2.71. The molecule has 0 aliphatic carbocycles. The van der Waals surface area contributed by atoms with E-state index in [1.807, 2.05) is 18.2 Å². The van der Waals surface area contributed by atoms with Crippen molar-refractivity contribution < 1.29 is 9.53 Å². The molecule has 6 heteroatoms. The number of hydrogen-bond acceptors (Lipinski definition) is 5. The van der Waals surface area contributed by atoms with Gasteiger partial charge in [0.05, 0.1) is 7.11 Å². The van der Waals surface area contributed by atoms with Gasteiger partial charge in [-0.05, 0) is 48.7 Å². The van der Waals surface area contributed by atoms with Gasteiger partial charge in [-0.2, -0.15) is 0 Å². The smallest absolute Gasteiger partial charge is 0.251 e. The molecule has 0 saturated carbocycles. The Kier molecular flexibility index (Phi) is 6.74. The van der Waals surface area contributed by atoms with E-state index in [-0.39, 0.29) is 5.91 Å². The number of nitrogens with zero attached hydrogens (tertiary/aromatic N) is 3. The van der Waals surface area contributed by atoms with E-state index >= 15 is 0 Å². The second-order valence-corrected chi connectivity index (χ2v) is 7.51. The summed E-state index contributed by atoms with van der Waals surface area (Å²) in [6, 6.07) is 11.8. The fourth-order valence-electron chi connectivity index (χ4n) is 3.30. The standard InChI is InChI=1S/C22H30N4O2/c1-17(2)8-10-24-22(27)18-9-11-23-21(16-18)26-14-12-25(13-15-26)19-4-6-20(28-3)7-5-19/h4-7,9,11,16-17H,8,10,12-15H2,1-3H3,(H,24,27). The third kappa shape index (κ3) is 5.15. The van der Waals surface area contributed by atoms with E-state index in [0.717, 1.165) is 44.2 Å². The van der Waals surface area contributed by atoms with Crippen LogP contribution in [-0.2, 0) is 0 Å². The minimum Gasteiger partial charge on any atom is -0.497 e. The van der Waals surface area contributed by atoms with Crippen molar-refractivity contribution in [2.75, 3.05) is 49.6 Å². The predicted octanol–water partition coefficient (Wildman–Crippen LogP) is 3.19. The molecule has 6 nitrogen and oxygen atoms in total. The monoisotopic (exact) mass is 382 g/mol. The predicted molar refractivity (Wildman–Crippen MR) is 113 cm³/mol. The maximum atomic E-state index is 12.4. The molecule has 1 fully saturated rings. The molecule has 150 valence electrons. The zero-order chi connectivity index (χ0) is 19.9. The molecule has 0 spiro atoms. The molecular formula is C22H30N4O2. The highest BCUT2D eigenvalue weighted by Crippen LogP contribution is 2.22. The molecule has 0 radical (unpaired) electrons. The van der Waals surface area contributed by atoms with Gasteiger partial charge in [-0.1, -0.05) is 13.8 Å². The summed E-state index contributed by atoms with van der Waals surface area (Å²) in [7, 11) is 1.68. The van der Waals surface area contributed by atoms with Crippen LogP contribution >= 0.6 is 0 Å². The van der Waals surface area contributed by atoms with E-state index < -0.39 is 0 Å². The third-order valence-corrected chi connectivity index (χ3v) is 5.06. The summed E-state index contributed by atoms with van der Waals surface area (Å²) in [5.41, 5.74) is 1.87. The van der Waals surface area contributed by atoms with Gasteiger partial charge in [0.2, 0.25) is 0 Å². The lowest BCUT2D eigenvalue weighted by atomic mass is 10.1. The fraction of sp³-hybridized carbons (Fsp3) is 0.455. The molecule has 0 atom stereocenters. The highest BCUT2D eigenvalue weighted by Gasteiger charge is 2.19. The average Bonchev–Trinajstić information content (AvgIpc) is 2.74. The number of hydrogen-bond donors (Lipinski definition) is 1.